The van der Waals surface area contributed by atoms with E-state index in [1.807, 2.05) is 0 Å². The molecule has 0 bridgehead atoms. The van der Waals surface area contributed by atoms with Crippen LogP contribution in [0.2, 0.25) is 0 Å². The molecule has 31 heavy (non-hydrogen) atoms. The molecule has 0 unspecified atom stereocenters. The van der Waals surface area contributed by atoms with E-state index in [2.05, 4.69) is 20.9 Å². The fourth-order valence-corrected chi connectivity index (χ4v) is 3.66. The molecule has 0 aliphatic rings. The maximum Gasteiger partial charge on any atom is 0.270 e. The molecule has 0 radical (unpaired) electrons. The van der Waals surface area contributed by atoms with Crippen molar-refractivity contribution in [3.05, 3.63) is 103 Å². The number of fused-ring (bicyclic) bond motifs is 1. The van der Waals surface area contributed by atoms with Gasteiger partial charge in [0.2, 0.25) is 5.88 Å². The van der Waals surface area contributed by atoms with E-state index in [-0.39, 0.29) is 22.3 Å². The Balaban J connectivity index is 1.94. The van der Waals surface area contributed by atoms with Gasteiger partial charge in [0, 0.05) is 33.6 Å². The summed E-state index contributed by atoms with van der Waals surface area (Å²) in [6.45, 7) is 0. The number of non-ortho nitro benzene ring substituents is 1. The molecule has 4 aromatic rings. The Labute approximate surface area is 183 Å². The number of aromatic hydroxyl groups is 1. The minimum Gasteiger partial charge on any atom is -0.494 e. The van der Waals surface area contributed by atoms with Crippen molar-refractivity contribution in [2.24, 2.45) is 4.99 Å². The average Bonchev–Trinajstić information content (AvgIpc) is 2.76. The molecule has 1 N–H and O–H groups in total. The van der Waals surface area contributed by atoms with Crippen LogP contribution in [0.15, 0.2) is 81.0 Å². The summed E-state index contributed by atoms with van der Waals surface area (Å²) < 4.78 is 15.7. The second kappa shape index (κ2) is 8.11. The summed E-state index contributed by atoms with van der Waals surface area (Å²) in [4.78, 5) is 27.7. The lowest BCUT2D eigenvalue weighted by Gasteiger charge is -2.14. The number of benzene rings is 3. The van der Waals surface area contributed by atoms with E-state index in [9.17, 15) is 24.4 Å². The van der Waals surface area contributed by atoms with Gasteiger partial charge in [-0.25, -0.2) is 8.96 Å². The monoisotopic (exact) mass is 481 g/mol. The van der Waals surface area contributed by atoms with E-state index in [0.717, 1.165) is 4.57 Å². The van der Waals surface area contributed by atoms with Gasteiger partial charge < -0.3 is 5.11 Å². The zero-order valence-corrected chi connectivity index (χ0v) is 17.3. The molecule has 1 aromatic heterocycles. The normalized spacial score (nSPS) is 11.3. The molecule has 0 aliphatic heterocycles. The molecule has 3 aromatic carbocycles. The summed E-state index contributed by atoms with van der Waals surface area (Å²) in [7, 11) is 0. The molecule has 0 aliphatic carbocycles. The highest BCUT2D eigenvalue weighted by Gasteiger charge is 2.18. The first-order valence-corrected chi connectivity index (χ1v) is 9.77. The molecule has 9 heteroatoms. The average molecular weight is 482 g/mol. The predicted octanol–water partition coefficient (Wildman–Crippen LogP) is 5.26. The number of aliphatic imine (C=N–C) groups is 1. The standard InChI is InChI=1S/C22H13BrFN3O4/c23-17-11-13(27(30)31)9-10-19(17)25-12-16-14-5-1-2-6-15(14)21(28)26(22(16)29)20-8-4-3-7-18(20)24/h1-12,29H. The number of hydrogen-bond donors (Lipinski definition) is 1. The predicted molar refractivity (Wildman–Crippen MR) is 119 cm³/mol. The van der Waals surface area contributed by atoms with Crippen LogP contribution in [0.4, 0.5) is 15.8 Å². The lowest BCUT2D eigenvalue weighted by atomic mass is 10.1. The third-order valence-electron chi connectivity index (χ3n) is 4.67. The van der Waals surface area contributed by atoms with Crippen LogP contribution in [0, 0.1) is 15.9 Å². The van der Waals surface area contributed by atoms with Crippen molar-refractivity contribution in [2.75, 3.05) is 0 Å². The highest BCUT2D eigenvalue weighted by molar-refractivity contribution is 9.10. The van der Waals surface area contributed by atoms with Gasteiger partial charge >= 0.3 is 0 Å². The molecular weight excluding hydrogens is 469 g/mol. The van der Waals surface area contributed by atoms with Gasteiger partial charge in [-0.3, -0.25) is 19.9 Å². The van der Waals surface area contributed by atoms with Crippen LogP contribution in [0.5, 0.6) is 5.88 Å². The quantitative estimate of drug-likeness (QED) is 0.244. The molecule has 0 saturated heterocycles. The van der Waals surface area contributed by atoms with Crippen molar-refractivity contribution in [1.82, 2.24) is 4.57 Å². The Morgan fingerprint density at radius 1 is 1.06 bits per heavy atom. The number of nitrogens with zero attached hydrogens (tertiary/aromatic N) is 3. The summed E-state index contributed by atoms with van der Waals surface area (Å²) in [5, 5.41) is 22.5. The van der Waals surface area contributed by atoms with E-state index in [0.29, 0.717) is 15.5 Å². The molecule has 0 saturated carbocycles. The number of pyridine rings is 1. The lowest BCUT2D eigenvalue weighted by Crippen LogP contribution is -2.21. The molecule has 1 heterocycles. The summed E-state index contributed by atoms with van der Waals surface area (Å²) in [6, 6.07) is 16.3. The highest BCUT2D eigenvalue weighted by Crippen LogP contribution is 2.31. The van der Waals surface area contributed by atoms with Gasteiger partial charge in [0.15, 0.2) is 0 Å². The maximum atomic E-state index is 14.4. The first-order valence-electron chi connectivity index (χ1n) is 8.98. The molecular formula is C22H13BrFN3O4. The number of aromatic nitrogens is 1. The number of halogens is 2. The van der Waals surface area contributed by atoms with E-state index in [1.165, 1.54) is 42.6 Å². The van der Waals surface area contributed by atoms with Gasteiger partial charge in [-0.2, -0.15) is 0 Å². The molecule has 0 atom stereocenters. The Hall–Kier alpha value is -3.85. The minimum atomic E-state index is -0.670. The summed E-state index contributed by atoms with van der Waals surface area (Å²) >= 11 is 3.24. The van der Waals surface area contributed by atoms with Gasteiger partial charge in [-0.1, -0.05) is 30.3 Å². The fourth-order valence-electron chi connectivity index (χ4n) is 3.19. The Morgan fingerprint density at radius 2 is 1.74 bits per heavy atom. The molecule has 4 rings (SSSR count). The molecule has 154 valence electrons. The third kappa shape index (κ3) is 3.71. The van der Waals surface area contributed by atoms with E-state index >= 15 is 0 Å². The van der Waals surface area contributed by atoms with Crippen LogP contribution in [-0.2, 0) is 0 Å². The van der Waals surface area contributed by atoms with Crippen molar-refractivity contribution >= 4 is 44.3 Å². The third-order valence-corrected chi connectivity index (χ3v) is 5.31. The van der Waals surface area contributed by atoms with Crippen molar-refractivity contribution in [2.45, 2.75) is 0 Å². The smallest absolute Gasteiger partial charge is 0.270 e. The number of hydrogen-bond acceptors (Lipinski definition) is 5. The molecule has 7 nitrogen and oxygen atoms in total. The van der Waals surface area contributed by atoms with Crippen LogP contribution in [0.25, 0.3) is 16.5 Å². The van der Waals surface area contributed by atoms with Crippen LogP contribution < -0.4 is 5.56 Å². The molecule has 0 spiro atoms. The van der Waals surface area contributed by atoms with Gasteiger partial charge in [-0.15, -0.1) is 0 Å². The van der Waals surface area contributed by atoms with E-state index < -0.39 is 22.2 Å². The Bertz CT molecular complexity index is 1430. The second-order valence-corrected chi connectivity index (χ2v) is 7.38. The zero-order valence-electron chi connectivity index (χ0n) is 15.7. The van der Waals surface area contributed by atoms with E-state index in [1.54, 1.807) is 30.3 Å². The summed E-state index contributed by atoms with van der Waals surface area (Å²) in [5.41, 5.74) is -0.206. The summed E-state index contributed by atoms with van der Waals surface area (Å²) in [5.74, 6) is -1.15. The highest BCUT2D eigenvalue weighted by atomic mass is 79.9. The molecule has 0 amide bonds. The van der Waals surface area contributed by atoms with Gasteiger partial charge in [0.25, 0.3) is 11.2 Å². The number of nitro groups is 1. The minimum absolute atomic E-state index is 0.0954. The number of para-hydroxylation sites is 1. The van der Waals surface area contributed by atoms with Gasteiger partial charge in [-0.05, 0) is 40.2 Å². The second-order valence-electron chi connectivity index (χ2n) is 6.53. The van der Waals surface area contributed by atoms with Crippen LogP contribution in [-0.4, -0.2) is 20.8 Å². The topological polar surface area (TPSA) is 97.7 Å². The van der Waals surface area contributed by atoms with Crippen LogP contribution in [0.3, 0.4) is 0 Å². The Kier molecular flexibility index (Phi) is 5.35. The first kappa shape index (κ1) is 20.4. The molecule has 0 fully saturated rings. The van der Waals surface area contributed by atoms with Crippen molar-refractivity contribution in [3.8, 4) is 11.6 Å². The zero-order chi connectivity index (χ0) is 22.1. The van der Waals surface area contributed by atoms with Gasteiger partial charge in [0.1, 0.15) is 5.82 Å². The van der Waals surface area contributed by atoms with Gasteiger partial charge in [0.05, 0.1) is 21.9 Å². The summed E-state index contributed by atoms with van der Waals surface area (Å²) in [6.07, 6.45) is 1.33. The number of rotatable bonds is 4. The largest absolute Gasteiger partial charge is 0.494 e. The van der Waals surface area contributed by atoms with E-state index in [4.69, 9.17) is 0 Å². The lowest BCUT2D eigenvalue weighted by molar-refractivity contribution is -0.384. The van der Waals surface area contributed by atoms with Crippen molar-refractivity contribution in [3.63, 3.8) is 0 Å². The first-order chi connectivity index (χ1) is 14.9. The Morgan fingerprint density at radius 3 is 2.42 bits per heavy atom. The SMILES string of the molecule is O=c1c2ccccc2c(C=Nc2ccc([N+](=O)[O-])cc2Br)c(O)n1-c1ccccc1F. The van der Waals surface area contributed by atoms with Crippen molar-refractivity contribution < 1.29 is 14.4 Å². The van der Waals surface area contributed by atoms with Crippen LogP contribution >= 0.6 is 15.9 Å². The fraction of sp³-hybridized carbons (Fsp3) is 0. The van der Waals surface area contributed by atoms with Crippen molar-refractivity contribution in [1.29, 1.82) is 0 Å². The van der Waals surface area contributed by atoms with Crippen LogP contribution in [0.1, 0.15) is 5.56 Å². The maximum absolute atomic E-state index is 14.4. The number of nitro benzene ring substituents is 1.